The van der Waals surface area contributed by atoms with Crippen LogP contribution in [0.1, 0.15) is 10.6 Å². The molecule has 0 bridgehead atoms. The predicted octanol–water partition coefficient (Wildman–Crippen LogP) is 0.337. The van der Waals surface area contributed by atoms with Crippen LogP contribution in [0.2, 0.25) is 0 Å². The molecule has 0 radical (unpaired) electrons. The standard InChI is InChI=1S/C12H14N6O2S/c1-6-7(21-5-14-6)4-13-11-15-8-9(16-11)17(2)12(20)18(3)10(8)19/h5H,4H2,1-3H3,(H2,13,15,16). The first kappa shape index (κ1) is 13.6. The summed E-state index contributed by atoms with van der Waals surface area (Å²) < 4.78 is 2.40. The Balaban J connectivity index is 2.00. The van der Waals surface area contributed by atoms with E-state index < -0.39 is 5.69 Å². The Morgan fingerprint density at radius 2 is 2.10 bits per heavy atom. The van der Waals surface area contributed by atoms with E-state index in [0.29, 0.717) is 23.7 Å². The Bertz CT molecular complexity index is 932. The molecule has 8 nitrogen and oxygen atoms in total. The van der Waals surface area contributed by atoms with Gasteiger partial charge < -0.3 is 10.3 Å². The largest absolute Gasteiger partial charge is 0.351 e. The molecule has 21 heavy (non-hydrogen) atoms. The fourth-order valence-electron chi connectivity index (χ4n) is 2.07. The first-order valence-corrected chi connectivity index (χ1v) is 7.15. The number of aryl methyl sites for hydroxylation is 2. The molecule has 3 heterocycles. The Morgan fingerprint density at radius 1 is 1.33 bits per heavy atom. The molecule has 3 aromatic rings. The zero-order valence-electron chi connectivity index (χ0n) is 11.8. The summed E-state index contributed by atoms with van der Waals surface area (Å²) in [6.07, 6.45) is 0. The van der Waals surface area contributed by atoms with E-state index in [-0.39, 0.29) is 5.56 Å². The number of nitrogens with zero attached hydrogens (tertiary/aromatic N) is 4. The number of hydrogen-bond donors (Lipinski definition) is 2. The van der Waals surface area contributed by atoms with Crippen LogP contribution >= 0.6 is 11.3 Å². The summed E-state index contributed by atoms with van der Waals surface area (Å²) in [6.45, 7) is 2.50. The highest BCUT2D eigenvalue weighted by Gasteiger charge is 2.13. The molecule has 9 heteroatoms. The van der Waals surface area contributed by atoms with E-state index in [1.54, 1.807) is 23.9 Å². The van der Waals surface area contributed by atoms with E-state index in [0.717, 1.165) is 15.1 Å². The second-order valence-electron chi connectivity index (χ2n) is 4.70. The second-order valence-corrected chi connectivity index (χ2v) is 5.64. The third-order valence-electron chi connectivity index (χ3n) is 3.36. The van der Waals surface area contributed by atoms with E-state index in [4.69, 9.17) is 0 Å². The Hall–Kier alpha value is -2.42. The van der Waals surface area contributed by atoms with Crippen molar-refractivity contribution in [3.63, 3.8) is 0 Å². The van der Waals surface area contributed by atoms with Crippen molar-refractivity contribution >= 4 is 28.4 Å². The maximum Gasteiger partial charge on any atom is 0.332 e. The van der Waals surface area contributed by atoms with Crippen LogP contribution in [0, 0.1) is 6.92 Å². The van der Waals surface area contributed by atoms with Crippen molar-refractivity contribution in [1.29, 1.82) is 0 Å². The van der Waals surface area contributed by atoms with Gasteiger partial charge in [-0.1, -0.05) is 0 Å². The van der Waals surface area contributed by atoms with Crippen LogP contribution in [0.4, 0.5) is 5.95 Å². The molecule has 0 saturated carbocycles. The molecule has 0 atom stereocenters. The third-order valence-corrected chi connectivity index (χ3v) is 4.29. The average molecular weight is 306 g/mol. The molecule has 0 aliphatic carbocycles. The highest BCUT2D eigenvalue weighted by atomic mass is 32.1. The zero-order chi connectivity index (χ0) is 15.1. The van der Waals surface area contributed by atoms with Crippen LogP contribution in [0.5, 0.6) is 0 Å². The number of aromatic nitrogens is 5. The van der Waals surface area contributed by atoms with Gasteiger partial charge in [0.25, 0.3) is 5.56 Å². The first-order chi connectivity index (χ1) is 9.99. The quantitative estimate of drug-likeness (QED) is 0.727. The number of fused-ring (bicyclic) bond motifs is 1. The smallest absolute Gasteiger partial charge is 0.332 e. The Morgan fingerprint density at radius 3 is 2.76 bits per heavy atom. The molecule has 110 valence electrons. The van der Waals surface area contributed by atoms with Crippen molar-refractivity contribution < 1.29 is 0 Å². The van der Waals surface area contributed by atoms with E-state index in [1.165, 1.54) is 11.6 Å². The van der Waals surface area contributed by atoms with Gasteiger partial charge in [-0.15, -0.1) is 11.3 Å². The lowest BCUT2D eigenvalue weighted by Crippen LogP contribution is -2.36. The van der Waals surface area contributed by atoms with E-state index in [2.05, 4.69) is 20.3 Å². The highest BCUT2D eigenvalue weighted by Crippen LogP contribution is 2.14. The van der Waals surface area contributed by atoms with E-state index in [1.807, 2.05) is 6.92 Å². The van der Waals surface area contributed by atoms with Gasteiger partial charge in [-0.3, -0.25) is 13.9 Å². The number of rotatable bonds is 3. The lowest BCUT2D eigenvalue weighted by atomic mass is 10.4. The topological polar surface area (TPSA) is 97.6 Å². The van der Waals surface area contributed by atoms with E-state index >= 15 is 0 Å². The maximum atomic E-state index is 12.0. The SMILES string of the molecule is Cc1ncsc1CNc1nc2c([nH]1)c(=O)n(C)c(=O)n2C. The number of hydrogen-bond acceptors (Lipinski definition) is 6. The molecule has 0 fully saturated rings. The highest BCUT2D eigenvalue weighted by molar-refractivity contribution is 7.09. The molecular weight excluding hydrogens is 292 g/mol. The van der Waals surface area contributed by atoms with Crippen LogP contribution < -0.4 is 16.6 Å². The lowest BCUT2D eigenvalue weighted by molar-refractivity contribution is 0.709. The van der Waals surface area contributed by atoms with Gasteiger partial charge in [-0.25, -0.2) is 9.78 Å². The summed E-state index contributed by atoms with van der Waals surface area (Å²) in [5.74, 6) is 0.455. The lowest BCUT2D eigenvalue weighted by Gasteiger charge is -2.00. The molecule has 0 aliphatic rings. The zero-order valence-corrected chi connectivity index (χ0v) is 12.6. The van der Waals surface area contributed by atoms with Gasteiger partial charge in [0.1, 0.15) is 0 Å². The number of aromatic amines is 1. The van der Waals surface area contributed by atoms with Crippen LogP contribution in [-0.2, 0) is 20.6 Å². The number of imidazole rings is 1. The van der Waals surface area contributed by atoms with Gasteiger partial charge in [-0.05, 0) is 6.92 Å². The average Bonchev–Trinajstić information content (AvgIpc) is 3.07. The third kappa shape index (κ3) is 2.15. The summed E-state index contributed by atoms with van der Waals surface area (Å²) in [5, 5.41) is 3.11. The van der Waals surface area contributed by atoms with Crippen molar-refractivity contribution in [3.05, 3.63) is 36.9 Å². The van der Waals surface area contributed by atoms with Crippen molar-refractivity contribution in [2.75, 3.05) is 5.32 Å². The van der Waals surface area contributed by atoms with Crippen LogP contribution in [-0.4, -0.2) is 24.1 Å². The number of H-pyrrole nitrogens is 1. The van der Waals surface area contributed by atoms with Gasteiger partial charge in [0.05, 0.1) is 17.7 Å². The maximum absolute atomic E-state index is 12.0. The van der Waals surface area contributed by atoms with Gasteiger partial charge in [0.15, 0.2) is 11.2 Å². The number of thiazole rings is 1. The van der Waals surface area contributed by atoms with Gasteiger partial charge in [0, 0.05) is 19.0 Å². The minimum atomic E-state index is -0.399. The number of anilines is 1. The Kier molecular flexibility index (Phi) is 3.13. The predicted molar refractivity (Wildman–Crippen MR) is 80.8 cm³/mol. The normalized spacial score (nSPS) is 11.2. The van der Waals surface area contributed by atoms with Crippen molar-refractivity contribution in [3.8, 4) is 0 Å². The summed E-state index contributed by atoms with van der Waals surface area (Å²) in [6, 6.07) is 0. The molecule has 2 N–H and O–H groups in total. The fourth-order valence-corrected chi connectivity index (χ4v) is 2.79. The van der Waals surface area contributed by atoms with Crippen molar-refractivity contribution in [2.24, 2.45) is 14.1 Å². The van der Waals surface area contributed by atoms with Crippen molar-refractivity contribution in [1.82, 2.24) is 24.1 Å². The first-order valence-electron chi connectivity index (χ1n) is 6.27. The van der Waals surface area contributed by atoms with Crippen LogP contribution in [0.3, 0.4) is 0 Å². The molecule has 0 unspecified atom stereocenters. The molecule has 3 rings (SSSR count). The molecule has 3 aromatic heterocycles. The summed E-state index contributed by atoms with van der Waals surface area (Å²) in [7, 11) is 3.03. The molecule has 0 spiro atoms. The van der Waals surface area contributed by atoms with Gasteiger partial charge >= 0.3 is 5.69 Å². The second kappa shape index (κ2) is 4.85. The minimum absolute atomic E-state index is 0.308. The van der Waals surface area contributed by atoms with Crippen LogP contribution in [0.15, 0.2) is 15.1 Å². The molecule has 0 aliphatic heterocycles. The molecule has 0 saturated heterocycles. The molecule has 0 amide bonds. The van der Waals surface area contributed by atoms with Crippen LogP contribution in [0.25, 0.3) is 11.2 Å². The van der Waals surface area contributed by atoms with E-state index in [9.17, 15) is 9.59 Å². The monoisotopic (exact) mass is 306 g/mol. The summed E-state index contributed by atoms with van der Waals surface area (Å²) in [5.41, 5.74) is 2.61. The number of nitrogens with one attached hydrogen (secondary N) is 2. The van der Waals surface area contributed by atoms with Gasteiger partial charge in [0.2, 0.25) is 5.95 Å². The van der Waals surface area contributed by atoms with Gasteiger partial charge in [-0.2, -0.15) is 4.98 Å². The summed E-state index contributed by atoms with van der Waals surface area (Å²) in [4.78, 5) is 36.4. The van der Waals surface area contributed by atoms with Crippen molar-refractivity contribution in [2.45, 2.75) is 13.5 Å². The molecular formula is C12H14N6O2S. The molecule has 0 aromatic carbocycles. The summed E-state index contributed by atoms with van der Waals surface area (Å²) >= 11 is 1.55. The fraction of sp³-hybridized carbons (Fsp3) is 0.333. The minimum Gasteiger partial charge on any atom is -0.351 e. The Labute approximate surface area is 123 Å².